The van der Waals surface area contributed by atoms with E-state index in [1.165, 1.54) is 6.04 Å². The molecule has 0 bridgehead atoms. The quantitative estimate of drug-likeness (QED) is 0.743. The van der Waals surface area contributed by atoms with Crippen LogP contribution in [0.3, 0.4) is 0 Å². The highest BCUT2D eigenvalue weighted by atomic mass is 28.3. The van der Waals surface area contributed by atoms with Gasteiger partial charge >= 0.3 is 0 Å². The van der Waals surface area contributed by atoms with E-state index in [4.69, 9.17) is 0 Å². The molecule has 0 spiro atoms. The van der Waals surface area contributed by atoms with Crippen LogP contribution in [0.2, 0.25) is 25.7 Å². The number of hydrogen-bond acceptors (Lipinski definition) is 2. The number of para-hydroxylation sites is 1. The zero-order chi connectivity index (χ0) is 10.9. The Labute approximate surface area is 91.1 Å². The van der Waals surface area contributed by atoms with Gasteiger partial charge in [-0.3, -0.25) is 0 Å². The van der Waals surface area contributed by atoms with Gasteiger partial charge in [0.25, 0.3) is 0 Å². The highest BCUT2D eigenvalue weighted by Crippen LogP contribution is 2.14. The van der Waals surface area contributed by atoms with Crippen molar-refractivity contribution in [3.8, 4) is 0 Å². The summed E-state index contributed by atoms with van der Waals surface area (Å²) < 4.78 is 2.02. The third-order valence-corrected chi connectivity index (χ3v) is 4.22. The van der Waals surface area contributed by atoms with Crippen molar-refractivity contribution in [1.29, 1.82) is 0 Å². The Hall–Kier alpha value is -1.16. The SMILES string of the molecule is C[Si](C)(C)CCn1nnc2ccccc21. The van der Waals surface area contributed by atoms with Gasteiger partial charge in [0.2, 0.25) is 0 Å². The van der Waals surface area contributed by atoms with Crippen LogP contribution in [-0.2, 0) is 6.54 Å². The lowest BCUT2D eigenvalue weighted by Gasteiger charge is -2.15. The van der Waals surface area contributed by atoms with Crippen LogP contribution < -0.4 is 0 Å². The topological polar surface area (TPSA) is 30.7 Å². The molecule has 0 unspecified atom stereocenters. The fourth-order valence-corrected chi connectivity index (χ4v) is 2.41. The molecule has 2 aromatic rings. The van der Waals surface area contributed by atoms with Crippen molar-refractivity contribution >= 4 is 19.1 Å². The Kier molecular flexibility index (Phi) is 2.60. The summed E-state index contributed by atoms with van der Waals surface area (Å²) in [6.07, 6.45) is 0. The maximum absolute atomic E-state index is 4.19. The van der Waals surface area contributed by atoms with Crippen molar-refractivity contribution < 1.29 is 0 Å². The number of aromatic nitrogens is 3. The van der Waals surface area contributed by atoms with Gasteiger partial charge in [0.1, 0.15) is 5.52 Å². The second kappa shape index (κ2) is 3.77. The predicted octanol–water partition coefficient (Wildman–Crippen LogP) is 2.77. The highest BCUT2D eigenvalue weighted by Gasteiger charge is 2.13. The predicted molar refractivity (Wildman–Crippen MR) is 65.7 cm³/mol. The van der Waals surface area contributed by atoms with E-state index in [1.54, 1.807) is 0 Å². The van der Waals surface area contributed by atoms with Gasteiger partial charge < -0.3 is 0 Å². The highest BCUT2D eigenvalue weighted by molar-refractivity contribution is 6.76. The molecule has 1 aromatic heterocycles. The molecule has 2 rings (SSSR count). The average molecular weight is 219 g/mol. The van der Waals surface area contributed by atoms with Crippen LogP contribution in [0.4, 0.5) is 0 Å². The number of hydrogen-bond donors (Lipinski definition) is 0. The number of fused-ring (bicyclic) bond motifs is 1. The summed E-state index contributed by atoms with van der Waals surface area (Å²) in [5, 5.41) is 8.33. The molecule has 80 valence electrons. The van der Waals surface area contributed by atoms with E-state index < -0.39 is 8.07 Å². The number of benzene rings is 1. The van der Waals surface area contributed by atoms with E-state index in [-0.39, 0.29) is 0 Å². The maximum atomic E-state index is 4.19. The van der Waals surface area contributed by atoms with Crippen LogP contribution in [-0.4, -0.2) is 23.1 Å². The Morgan fingerprint density at radius 1 is 1.20 bits per heavy atom. The van der Waals surface area contributed by atoms with E-state index >= 15 is 0 Å². The van der Waals surface area contributed by atoms with Gasteiger partial charge in [-0.05, 0) is 18.2 Å². The Morgan fingerprint density at radius 2 is 1.93 bits per heavy atom. The summed E-state index contributed by atoms with van der Waals surface area (Å²) >= 11 is 0. The van der Waals surface area contributed by atoms with Crippen molar-refractivity contribution in [3.05, 3.63) is 24.3 Å². The molecule has 1 aromatic carbocycles. The molecule has 3 nitrogen and oxygen atoms in total. The minimum absolute atomic E-state index is 0.989. The minimum Gasteiger partial charge on any atom is -0.245 e. The second-order valence-electron chi connectivity index (χ2n) is 5.11. The van der Waals surface area contributed by atoms with Crippen LogP contribution in [0.5, 0.6) is 0 Å². The molecule has 15 heavy (non-hydrogen) atoms. The average Bonchev–Trinajstić information content (AvgIpc) is 2.57. The molecule has 0 saturated carbocycles. The molecule has 0 saturated heterocycles. The van der Waals surface area contributed by atoms with Crippen LogP contribution >= 0.6 is 0 Å². The molecule has 0 atom stereocenters. The Bertz CT molecular complexity index is 456. The fourth-order valence-electron chi connectivity index (χ4n) is 1.52. The molecular weight excluding hydrogens is 202 g/mol. The summed E-state index contributed by atoms with van der Waals surface area (Å²) in [6.45, 7) is 8.14. The van der Waals surface area contributed by atoms with E-state index in [9.17, 15) is 0 Å². The number of nitrogens with zero attached hydrogens (tertiary/aromatic N) is 3. The van der Waals surface area contributed by atoms with Crippen molar-refractivity contribution in [2.24, 2.45) is 0 Å². The van der Waals surface area contributed by atoms with Gasteiger partial charge in [-0.15, -0.1) is 5.10 Å². The lowest BCUT2D eigenvalue weighted by Crippen LogP contribution is -2.22. The van der Waals surface area contributed by atoms with Gasteiger partial charge in [-0.2, -0.15) is 0 Å². The first kappa shape index (κ1) is 10.4. The summed E-state index contributed by atoms with van der Waals surface area (Å²) in [6, 6.07) is 9.38. The van der Waals surface area contributed by atoms with Crippen molar-refractivity contribution in [3.63, 3.8) is 0 Å². The van der Waals surface area contributed by atoms with Gasteiger partial charge in [0.05, 0.1) is 5.52 Å². The molecule has 0 amide bonds. The Morgan fingerprint density at radius 3 is 2.67 bits per heavy atom. The second-order valence-corrected chi connectivity index (χ2v) is 10.7. The first-order valence-corrected chi connectivity index (χ1v) is 9.05. The molecule has 0 N–H and O–H groups in total. The smallest absolute Gasteiger partial charge is 0.113 e. The van der Waals surface area contributed by atoms with Gasteiger partial charge in [0.15, 0.2) is 0 Å². The molecule has 1 heterocycles. The van der Waals surface area contributed by atoms with Gasteiger partial charge in [0, 0.05) is 14.6 Å². The minimum atomic E-state index is -0.989. The van der Waals surface area contributed by atoms with Gasteiger partial charge in [-0.1, -0.05) is 37.0 Å². The van der Waals surface area contributed by atoms with E-state index in [0.29, 0.717) is 0 Å². The van der Waals surface area contributed by atoms with E-state index in [1.807, 2.05) is 22.9 Å². The van der Waals surface area contributed by atoms with E-state index in [0.717, 1.165) is 17.6 Å². The summed E-state index contributed by atoms with van der Waals surface area (Å²) in [5.74, 6) is 0. The number of aryl methyl sites for hydroxylation is 1. The summed E-state index contributed by atoms with van der Waals surface area (Å²) in [5.41, 5.74) is 2.14. The molecule has 0 aliphatic rings. The molecule has 0 fully saturated rings. The molecular formula is C11H17N3Si. The summed E-state index contributed by atoms with van der Waals surface area (Å²) in [7, 11) is -0.989. The first-order chi connectivity index (χ1) is 7.06. The monoisotopic (exact) mass is 219 g/mol. The molecule has 0 aliphatic carbocycles. The van der Waals surface area contributed by atoms with E-state index in [2.05, 4.69) is 36.0 Å². The Balaban J connectivity index is 2.22. The molecule has 0 radical (unpaired) electrons. The molecule has 4 heteroatoms. The fraction of sp³-hybridized carbons (Fsp3) is 0.455. The lowest BCUT2D eigenvalue weighted by molar-refractivity contribution is 0.640. The van der Waals surface area contributed by atoms with Crippen LogP contribution in [0, 0.1) is 0 Å². The van der Waals surface area contributed by atoms with Crippen molar-refractivity contribution in [2.75, 3.05) is 0 Å². The van der Waals surface area contributed by atoms with Gasteiger partial charge in [-0.25, -0.2) is 4.68 Å². The largest absolute Gasteiger partial charge is 0.245 e. The lowest BCUT2D eigenvalue weighted by atomic mass is 10.3. The van der Waals surface area contributed by atoms with Crippen LogP contribution in [0.15, 0.2) is 24.3 Å². The van der Waals surface area contributed by atoms with Crippen LogP contribution in [0.25, 0.3) is 11.0 Å². The maximum Gasteiger partial charge on any atom is 0.113 e. The zero-order valence-electron chi connectivity index (χ0n) is 9.57. The zero-order valence-corrected chi connectivity index (χ0v) is 10.6. The van der Waals surface area contributed by atoms with Crippen LogP contribution in [0.1, 0.15) is 0 Å². The molecule has 0 aliphatic heterocycles. The summed E-state index contributed by atoms with van der Waals surface area (Å²) in [4.78, 5) is 0. The van der Waals surface area contributed by atoms with Crippen molar-refractivity contribution in [1.82, 2.24) is 15.0 Å². The van der Waals surface area contributed by atoms with Crippen molar-refractivity contribution in [2.45, 2.75) is 32.2 Å². The third kappa shape index (κ3) is 2.44. The third-order valence-electron chi connectivity index (χ3n) is 2.49. The number of rotatable bonds is 3. The standard InChI is InChI=1S/C11H17N3Si/c1-15(2,3)9-8-14-11-7-5-4-6-10(11)12-13-14/h4-7H,8-9H2,1-3H3. The normalized spacial score (nSPS) is 12.2. The first-order valence-electron chi connectivity index (χ1n) is 5.34.